The average Bonchev–Trinajstić information content (AvgIpc) is 3.18. The summed E-state index contributed by atoms with van der Waals surface area (Å²) in [5, 5.41) is 0.830. The standard InChI is InChI=1S/C26H36N4O3S/c31-26(28-14-4-1-2-5-15-28)22-9-8-16-29(20-22)25-13-10-21-19-23(11-12-24(21)27-25)34(32,33)30-17-6-3-7-18-30/h10-13,19,22H,1-9,14-18,20H2/t22-/m0/s1. The van der Waals surface area contributed by atoms with Crippen molar-refractivity contribution in [3.8, 4) is 0 Å². The lowest BCUT2D eigenvalue weighted by atomic mass is 9.96. The molecule has 7 nitrogen and oxygen atoms in total. The Balaban J connectivity index is 1.32. The summed E-state index contributed by atoms with van der Waals surface area (Å²) in [6.45, 7) is 4.59. The molecule has 184 valence electrons. The fraction of sp³-hybridized carbons (Fsp3) is 0.615. The van der Waals surface area contributed by atoms with Gasteiger partial charge < -0.3 is 9.80 Å². The predicted octanol–water partition coefficient (Wildman–Crippen LogP) is 4.03. The number of hydrogen-bond acceptors (Lipinski definition) is 5. The topological polar surface area (TPSA) is 73.8 Å². The van der Waals surface area contributed by atoms with Crippen LogP contribution in [0.5, 0.6) is 0 Å². The number of rotatable bonds is 4. The summed E-state index contributed by atoms with van der Waals surface area (Å²) < 4.78 is 27.7. The highest BCUT2D eigenvalue weighted by Gasteiger charge is 2.30. The first-order valence-corrected chi connectivity index (χ1v) is 14.4. The van der Waals surface area contributed by atoms with Crippen LogP contribution in [0.15, 0.2) is 35.2 Å². The monoisotopic (exact) mass is 484 g/mol. The van der Waals surface area contributed by atoms with Gasteiger partial charge in [0.1, 0.15) is 5.82 Å². The Bertz CT molecular complexity index is 1120. The van der Waals surface area contributed by atoms with Crippen molar-refractivity contribution in [3.05, 3.63) is 30.3 Å². The molecule has 4 heterocycles. The van der Waals surface area contributed by atoms with Gasteiger partial charge in [-0.05, 0) is 68.9 Å². The smallest absolute Gasteiger partial charge is 0.243 e. The normalized spacial score (nSPS) is 23.1. The quantitative estimate of drug-likeness (QED) is 0.655. The third-order valence-corrected chi connectivity index (χ3v) is 9.51. The molecule has 1 atom stereocenters. The van der Waals surface area contributed by atoms with Crippen LogP contribution in [-0.2, 0) is 14.8 Å². The Labute approximate surface area is 203 Å². The first-order chi connectivity index (χ1) is 16.5. The number of benzene rings is 1. The van der Waals surface area contributed by atoms with Gasteiger partial charge in [-0.25, -0.2) is 13.4 Å². The van der Waals surface area contributed by atoms with Gasteiger partial charge in [0.25, 0.3) is 0 Å². The highest BCUT2D eigenvalue weighted by molar-refractivity contribution is 7.89. The molecule has 34 heavy (non-hydrogen) atoms. The van der Waals surface area contributed by atoms with Gasteiger partial charge >= 0.3 is 0 Å². The molecule has 3 saturated heterocycles. The molecule has 1 aromatic heterocycles. The number of hydrogen-bond donors (Lipinski definition) is 0. The molecule has 0 aliphatic carbocycles. The summed E-state index contributed by atoms with van der Waals surface area (Å²) in [4.78, 5) is 22.7. The molecule has 0 spiro atoms. The number of fused-ring (bicyclic) bond motifs is 1. The van der Waals surface area contributed by atoms with Crippen LogP contribution in [0.4, 0.5) is 5.82 Å². The van der Waals surface area contributed by atoms with Crippen LogP contribution in [0.1, 0.15) is 57.8 Å². The predicted molar refractivity (Wildman–Crippen MR) is 134 cm³/mol. The van der Waals surface area contributed by atoms with Gasteiger partial charge in [0.15, 0.2) is 0 Å². The van der Waals surface area contributed by atoms with Crippen molar-refractivity contribution in [2.45, 2.75) is 62.7 Å². The Morgan fingerprint density at radius 3 is 2.29 bits per heavy atom. The average molecular weight is 485 g/mol. The summed E-state index contributed by atoms with van der Waals surface area (Å²) in [6.07, 6.45) is 9.55. The molecular formula is C26H36N4O3S. The van der Waals surface area contributed by atoms with Gasteiger partial charge in [-0.3, -0.25) is 4.79 Å². The number of sulfonamides is 1. The van der Waals surface area contributed by atoms with Crippen LogP contribution in [0.25, 0.3) is 10.9 Å². The molecular weight excluding hydrogens is 448 g/mol. The van der Waals surface area contributed by atoms with Crippen molar-refractivity contribution in [3.63, 3.8) is 0 Å². The molecule has 5 rings (SSSR count). The van der Waals surface area contributed by atoms with Crippen LogP contribution in [0.3, 0.4) is 0 Å². The second-order valence-corrected chi connectivity index (χ2v) is 12.0. The van der Waals surface area contributed by atoms with Crippen LogP contribution < -0.4 is 4.90 Å². The van der Waals surface area contributed by atoms with E-state index in [4.69, 9.17) is 4.98 Å². The summed E-state index contributed by atoms with van der Waals surface area (Å²) in [5.74, 6) is 1.20. The Morgan fingerprint density at radius 2 is 1.53 bits per heavy atom. The van der Waals surface area contributed by atoms with E-state index in [1.54, 1.807) is 16.4 Å². The van der Waals surface area contributed by atoms with Crippen LogP contribution in [-0.4, -0.2) is 67.8 Å². The molecule has 0 saturated carbocycles. The molecule has 0 bridgehead atoms. The largest absolute Gasteiger partial charge is 0.356 e. The first-order valence-electron chi connectivity index (χ1n) is 13.0. The zero-order valence-corrected chi connectivity index (χ0v) is 20.8. The van der Waals surface area contributed by atoms with Crippen molar-refractivity contribution < 1.29 is 13.2 Å². The lowest BCUT2D eigenvalue weighted by Crippen LogP contribution is -2.45. The Kier molecular flexibility index (Phi) is 7.06. The first kappa shape index (κ1) is 23.5. The second kappa shape index (κ2) is 10.2. The molecule has 0 radical (unpaired) electrons. The second-order valence-electron chi connectivity index (χ2n) is 10.0. The number of piperidine rings is 2. The number of carbonyl (C=O) groups is 1. The van der Waals surface area contributed by atoms with Crippen LogP contribution in [0, 0.1) is 5.92 Å². The lowest BCUT2D eigenvalue weighted by Gasteiger charge is -2.35. The van der Waals surface area contributed by atoms with E-state index in [-0.39, 0.29) is 5.92 Å². The summed E-state index contributed by atoms with van der Waals surface area (Å²) in [6, 6.07) is 9.19. The third-order valence-electron chi connectivity index (χ3n) is 7.61. The maximum Gasteiger partial charge on any atom is 0.243 e. The zero-order chi connectivity index (χ0) is 23.5. The Morgan fingerprint density at radius 1 is 0.824 bits per heavy atom. The van der Waals surface area contributed by atoms with E-state index in [9.17, 15) is 13.2 Å². The van der Waals surface area contributed by atoms with Crippen LogP contribution in [0.2, 0.25) is 0 Å². The number of carbonyl (C=O) groups excluding carboxylic acids is 1. The maximum absolute atomic E-state index is 13.2. The van der Waals surface area contributed by atoms with E-state index in [0.717, 1.165) is 81.3 Å². The van der Waals surface area contributed by atoms with Crippen molar-refractivity contribution in [1.29, 1.82) is 0 Å². The fourth-order valence-electron chi connectivity index (χ4n) is 5.62. The fourth-order valence-corrected chi connectivity index (χ4v) is 7.17. The van der Waals surface area contributed by atoms with E-state index in [0.29, 0.717) is 30.4 Å². The van der Waals surface area contributed by atoms with Gasteiger partial charge in [0.2, 0.25) is 15.9 Å². The van der Waals surface area contributed by atoms with Crippen molar-refractivity contribution >= 4 is 32.7 Å². The minimum Gasteiger partial charge on any atom is -0.356 e. The molecule has 3 aliphatic heterocycles. The lowest BCUT2D eigenvalue weighted by molar-refractivity contribution is -0.135. The van der Waals surface area contributed by atoms with Crippen molar-refractivity contribution in [1.82, 2.24) is 14.2 Å². The number of amides is 1. The number of likely N-dealkylation sites (tertiary alicyclic amines) is 1. The van der Waals surface area contributed by atoms with E-state index in [1.807, 2.05) is 18.2 Å². The molecule has 3 aliphatic rings. The minimum atomic E-state index is -3.46. The van der Waals surface area contributed by atoms with E-state index >= 15 is 0 Å². The minimum absolute atomic E-state index is 0.0291. The SMILES string of the molecule is O=C([C@H]1CCCN(c2ccc3cc(S(=O)(=O)N4CCCCC4)ccc3n2)C1)N1CCCCCC1. The number of anilines is 1. The van der Waals surface area contributed by atoms with Gasteiger partial charge in [-0.15, -0.1) is 0 Å². The van der Waals surface area contributed by atoms with Gasteiger partial charge in [0.05, 0.1) is 16.3 Å². The molecule has 2 aromatic rings. The maximum atomic E-state index is 13.2. The summed E-state index contributed by atoms with van der Waals surface area (Å²) in [5.41, 5.74) is 0.788. The van der Waals surface area contributed by atoms with E-state index < -0.39 is 10.0 Å². The number of pyridine rings is 1. The van der Waals surface area contributed by atoms with Gasteiger partial charge in [-0.1, -0.05) is 19.3 Å². The van der Waals surface area contributed by atoms with Crippen LogP contribution >= 0.6 is 0 Å². The van der Waals surface area contributed by atoms with E-state index in [1.165, 1.54) is 12.8 Å². The highest BCUT2D eigenvalue weighted by Crippen LogP contribution is 2.28. The molecule has 1 amide bonds. The highest BCUT2D eigenvalue weighted by atomic mass is 32.2. The van der Waals surface area contributed by atoms with Gasteiger partial charge in [-0.2, -0.15) is 4.31 Å². The molecule has 1 aromatic carbocycles. The van der Waals surface area contributed by atoms with Gasteiger partial charge in [0, 0.05) is 44.7 Å². The van der Waals surface area contributed by atoms with E-state index in [2.05, 4.69) is 9.80 Å². The summed E-state index contributed by atoms with van der Waals surface area (Å²) >= 11 is 0. The summed E-state index contributed by atoms with van der Waals surface area (Å²) in [7, 11) is -3.46. The molecule has 3 fully saturated rings. The van der Waals surface area contributed by atoms with Crippen molar-refractivity contribution in [2.75, 3.05) is 44.2 Å². The number of nitrogens with zero attached hydrogens (tertiary/aromatic N) is 4. The zero-order valence-electron chi connectivity index (χ0n) is 20.0. The number of aromatic nitrogens is 1. The molecule has 0 N–H and O–H groups in total. The molecule has 0 unspecified atom stereocenters. The Hall–Kier alpha value is -2.19. The van der Waals surface area contributed by atoms with Crippen molar-refractivity contribution in [2.24, 2.45) is 5.92 Å². The third kappa shape index (κ3) is 4.93. The molecule has 8 heteroatoms.